The zero-order valence-electron chi connectivity index (χ0n) is 16.0. The van der Waals surface area contributed by atoms with Crippen LogP contribution in [0.25, 0.3) is 11.3 Å². The minimum Gasteiger partial charge on any atom is -0.461 e. The van der Waals surface area contributed by atoms with Crippen LogP contribution >= 0.6 is 0 Å². The van der Waals surface area contributed by atoms with Gasteiger partial charge in [-0.05, 0) is 51.6 Å². The van der Waals surface area contributed by atoms with E-state index >= 15 is 0 Å². The third-order valence-electron chi connectivity index (χ3n) is 5.16. The molecular formula is C21H29N3O2. The standard InChI is InChI=1S/C21H29N3O2/c1-16(24-13-11-23(3)12-14-24)9-10-22-21(25)19-6-4-5-18(15-19)20-8-7-17(2)26-20/h4-8,15-16H,9-14H2,1-3H3,(H,22,25). The molecule has 5 nitrogen and oxygen atoms in total. The van der Waals surface area contributed by atoms with Gasteiger partial charge in [0.15, 0.2) is 0 Å². The molecular weight excluding hydrogens is 326 g/mol. The quantitative estimate of drug-likeness (QED) is 0.865. The summed E-state index contributed by atoms with van der Waals surface area (Å²) >= 11 is 0. The zero-order valence-corrected chi connectivity index (χ0v) is 16.0. The number of amides is 1. The van der Waals surface area contributed by atoms with Crippen LogP contribution in [-0.4, -0.2) is 61.5 Å². The first kappa shape index (κ1) is 18.7. The van der Waals surface area contributed by atoms with Crippen molar-refractivity contribution in [2.45, 2.75) is 26.3 Å². The molecule has 26 heavy (non-hydrogen) atoms. The number of hydrogen-bond acceptors (Lipinski definition) is 4. The van der Waals surface area contributed by atoms with Gasteiger partial charge in [-0.2, -0.15) is 0 Å². The zero-order chi connectivity index (χ0) is 18.5. The van der Waals surface area contributed by atoms with Gasteiger partial charge in [-0.3, -0.25) is 9.69 Å². The molecule has 2 heterocycles. The van der Waals surface area contributed by atoms with E-state index in [-0.39, 0.29) is 5.91 Å². The average molecular weight is 355 g/mol. The maximum absolute atomic E-state index is 12.5. The van der Waals surface area contributed by atoms with Crippen LogP contribution < -0.4 is 5.32 Å². The predicted octanol–water partition coefficient (Wildman–Crippen LogP) is 3.01. The molecule has 1 saturated heterocycles. The highest BCUT2D eigenvalue weighted by Gasteiger charge is 2.19. The van der Waals surface area contributed by atoms with Crippen LogP contribution in [0, 0.1) is 6.92 Å². The lowest BCUT2D eigenvalue weighted by atomic mass is 10.1. The lowest BCUT2D eigenvalue weighted by molar-refractivity contribution is 0.0935. The highest BCUT2D eigenvalue weighted by atomic mass is 16.3. The number of piperazine rings is 1. The van der Waals surface area contributed by atoms with Gasteiger partial charge in [0, 0.05) is 49.9 Å². The molecule has 1 N–H and O–H groups in total. The SMILES string of the molecule is Cc1ccc(-c2cccc(C(=O)NCCC(C)N3CCN(C)CC3)c2)o1. The lowest BCUT2D eigenvalue weighted by Gasteiger charge is -2.36. The van der Waals surface area contributed by atoms with Gasteiger partial charge in [0.05, 0.1) is 0 Å². The summed E-state index contributed by atoms with van der Waals surface area (Å²) in [6, 6.07) is 11.9. The molecule has 1 aliphatic heterocycles. The van der Waals surface area contributed by atoms with E-state index in [0.717, 1.165) is 49.7 Å². The van der Waals surface area contributed by atoms with E-state index in [1.54, 1.807) is 0 Å². The second-order valence-corrected chi connectivity index (χ2v) is 7.22. The summed E-state index contributed by atoms with van der Waals surface area (Å²) in [5, 5.41) is 3.05. The minimum absolute atomic E-state index is 0.0271. The summed E-state index contributed by atoms with van der Waals surface area (Å²) in [5.41, 5.74) is 1.60. The molecule has 0 radical (unpaired) electrons. The number of furan rings is 1. The Balaban J connectivity index is 1.50. The molecule has 0 saturated carbocycles. The van der Waals surface area contributed by atoms with E-state index in [9.17, 15) is 4.79 Å². The number of likely N-dealkylation sites (N-methyl/N-ethyl adjacent to an activating group) is 1. The molecule has 0 spiro atoms. The van der Waals surface area contributed by atoms with E-state index < -0.39 is 0 Å². The monoisotopic (exact) mass is 355 g/mol. The number of benzene rings is 1. The van der Waals surface area contributed by atoms with Gasteiger partial charge in [-0.25, -0.2) is 0 Å². The van der Waals surface area contributed by atoms with E-state index in [4.69, 9.17) is 4.42 Å². The van der Waals surface area contributed by atoms with Gasteiger partial charge in [-0.1, -0.05) is 12.1 Å². The highest BCUT2D eigenvalue weighted by molar-refractivity contribution is 5.95. The largest absolute Gasteiger partial charge is 0.461 e. The fourth-order valence-corrected chi connectivity index (χ4v) is 3.35. The molecule has 1 fully saturated rings. The van der Waals surface area contributed by atoms with Crippen molar-refractivity contribution in [3.05, 3.63) is 47.7 Å². The van der Waals surface area contributed by atoms with Crippen LogP contribution in [0.2, 0.25) is 0 Å². The summed E-state index contributed by atoms with van der Waals surface area (Å²) in [4.78, 5) is 17.3. The molecule has 2 aromatic rings. The van der Waals surface area contributed by atoms with Gasteiger partial charge < -0.3 is 14.6 Å². The van der Waals surface area contributed by atoms with Crippen LogP contribution in [-0.2, 0) is 0 Å². The summed E-state index contributed by atoms with van der Waals surface area (Å²) in [6.07, 6.45) is 0.965. The topological polar surface area (TPSA) is 48.7 Å². The smallest absolute Gasteiger partial charge is 0.251 e. The summed E-state index contributed by atoms with van der Waals surface area (Å²) < 4.78 is 5.65. The Hall–Kier alpha value is -2.11. The van der Waals surface area contributed by atoms with Gasteiger partial charge in [0.25, 0.3) is 5.91 Å². The van der Waals surface area contributed by atoms with E-state index in [0.29, 0.717) is 18.2 Å². The molecule has 140 valence electrons. The number of carbonyl (C=O) groups is 1. The van der Waals surface area contributed by atoms with Crippen molar-refractivity contribution in [2.75, 3.05) is 39.8 Å². The van der Waals surface area contributed by atoms with Crippen molar-refractivity contribution in [3.8, 4) is 11.3 Å². The molecule has 1 aromatic carbocycles. The molecule has 0 aliphatic carbocycles. The Morgan fingerprint density at radius 1 is 1.19 bits per heavy atom. The van der Waals surface area contributed by atoms with Gasteiger partial charge in [0.1, 0.15) is 11.5 Å². The number of hydrogen-bond donors (Lipinski definition) is 1. The molecule has 5 heteroatoms. The van der Waals surface area contributed by atoms with Gasteiger partial charge in [0.2, 0.25) is 0 Å². The summed E-state index contributed by atoms with van der Waals surface area (Å²) in [5.74, 6) is 1.63. The number of nitrogens with zero attached hydrogens (tertiary/aromatic N) is 2. The minimum atomic E-state index is -0.0271. The fourth-order valence-electron chi connectivity index (χ4n) is 3.35. The van der Waals surface area contributed by atoms with Crippen molar-refractivity contribution in [1.82, 2.24) is 15.1 Å². The summed E-state index contributed by atoms with van der Waals surface area (Å²) in [6.45, 7) is 9.31. The first-order chi connectivity index (χ1) is 12.5. The number of rotatable bonds is 6. The molecule has 1 atom stereocenters. The Labute approximate surface area is 156 Å². The second-order valence-electron chi connectivity index (χ2n) is 7.22. The summed E-state index contributed by atoms with van der Waals surface area (Å²) in [7, 11) is 2.17. The molecule has 0 bridgehead atoms. The van der Waals surface area contributed by atoms with Crippen LogP contribution in [0.4, 0.5) is 0 Å². The number of aryl methyl sites for hydroxylation is 1. The van der Waals surface area contributed by atoms with Crippen LogP contribution in [0.15, 0.2) is 40.8 Å². The normalized spacial score (nSPS) is 17.2. The maximum Gasteiger partial charge on any atom is 0.251 e. The van der Waals surface area contributed by atoms with Crippen LogP contribution in [0.3, 0.4) is 0 Å². The average Bonchev–Trinajstić information content (AvgIpc) is 3.08. The van der Waals surface area contributed by atoms with Gasteiger partial charge in [-0.15, -0.1) is 0 Å². The Morgan fingerprint density at radius 3 is 2.65 bits per heavy atom. The van der Waals surface area contributed by atoms with Crippen molar-refractivity contribution in [1.29, 1.82) is 0 Å². The third kappa shape index (κ3) is 4.74. The van der Waals surface area contributed by atoms with Crippen LogP contribution in [0.5, 0.6) is 0 Å². The Bertz CT molecular complexity index is 732. The lowest BCUT2D eigenvalue weighted by Crippen LogP contribution is -2.48. The first-order valence-corrected chi connectivity index (χ1v) is 9.40. The molecule has 1 unspecified atom stereocenters. The van der Waals surface area contributed by atoms with Crippen molar-refractivity contribution in [2.24, 2.45) is 0 Å². The molecule has 1 amide bonds. The van der Waals surface area contributed by atoms with E-state index in [2.05, 4.69) is 29.1 Å². The van der Waals surface area contributed by atoms with E-state index in [1.165, 1.54) is 0 Å². The van der Waals surface area contributed by atoms with Crippen molar-refractivity contribution < 1.29 is 9.21 Å². The van der Waals surface area contributed by atoms with Crippen LogP contribution in [0.1, 0.15) is 29.5 Å². The first-order valence-electron chi connectivity index (χ1n) is 9.40. The predicted molar refractivity (Wildman–Crippen MR) is 104 cm³/mol. The van der Waals surface area contributed by atoms with Crippen molar-refractivity contribution in [3.63, 3.8) is 0 Å². The van der Waals surface area contributed by atoms with E-state index in [1.807, 2.05) is 43.3 Å². The number of carbonyl (C=O) groups excluding carboxylic acids is 1. The molecule has 1 aliphatic rings. The Morgan fingerprint density at radius 2 is 1.96 bits per heavy atom. The maximum atomic E-state index is 12.5. The second kappa shape index (κ2) is 8.52. The fraction of sp³-hybridized carbons (Fsp3) is 0.476. The van der Waals surface area contributed by atoms with Crippen molar-refractivity contribution >= 4 is 5.91 Å². The highest BCUT2D eigenvalue weighted by Crippen LogP contribution is 2.22. The number of nitrogens with one attached hydrogen (secondary N) is 1. The third-order valence-corrected chi connectivity index (χ3v) is 5.16. The molecule has 3 rings (SSSR count). The Kier molecular flexibility index (Phi) is 6.12. The van der Waals surface area contributed by atoms with Gasteiger partial charge >= 0.3 is 0 Å². The molecule has 1 aromatic heterocycles.